The highest BCUT2D eigenvalue weighted by Crippen LogP contribution is 2.29. The molecule has 0 spiro atoms. The first-order valence-corrected chi connectivity index (χ1v) is 8.38. The van der Waals surface area contributed by atoms with E-state index in [0.29, 0.717) is 30.5 Å². The van der Waals surface area contributed by atoms with Gasteiger partial charge in [0.1, 0.15) is 6.04 Å². The molecule has 1 atom stereocenters. The third-order valence-electron chi connectivity index (χ3n) is 4.18. The van der Waals surface area contributed by atoms with Gasteiger partial charge < -0.3 is 14.6 Å². The van der Waals surface area contributed by atoms with Crippen LogP contribution in [0, 0.1) is 12.8 Å². The molecule has 0 saturated carbocycles. The fourth-order valence-corrected chi connectivity index (χ4v) is 2.93. The quantitative estimate of drug-likeness (QED) is 0.867. The summed E-state index contributed by atoms with van der Waals surface area (Å²) in [7, 11) is 0. The van der Waals surface area contributed by atoms with E-state index in [1.807, 2.05) is 0 Å². The average Bonchev–Trinajstić information content (AvgIpc) is 3.23. The number of hydrogen-bond donors (Lipinski definition) is 1. The Kier molecular flexibility index (Phi) is 5.24. The van der Waals surface area contributed by atoms with Gasteiger partial charge in [-0.15, -0.1) is 0 Å². The first-order chi connectivity index (χ1) is 11.7. The summed E-state index contributed by atoms with van der Waals surface area (Å²) in [5, 5.41) is 11.1. The molecule has 3 rings (SSSR count). The Hall–Kier alpha value is -2.22. The zero-order chi connectivity index (χ0) is 16.9. The smallest absolute Gasteiger partial charge is 0.255 e. The largest absolute Gasteiger partial charge is 0.381 e. The molecule has 1 saturated heterocycles. The summed E-state index contributed by atoms with van der Waals surface area (Å²) in [6.45, 7) is 5.99. The number of hydrogen-bond acceptors (Lipinski definition) is 6. The van der Waals surface area contributed by atoms with E-state index >= 15 is 0 Å². The fraction of sp³-hybridized carbons (Fsp3) is 0.625. The molecule has 0 radical (unpaired) electrons. The van der Waals surface area contributed by atoms with E-state index in [1.165, 1.54) is 0 Å². The predicted octanol–water partition coefficient (Wildman–Crippen LogP) is 1.88. The fourth-order valence-electron chi connectivity index (χ4n) is 2.93. The number of ether oxygens (including phenoxy) is 1. The summed E-state index contributed by atoms with van der Waals surface area (Å²) in [5.74, 6) is 1.05. The molecule has 8 heteroatoms. The molecule has 1 amide bonds. The van der Waals surface area contributed by atoms with Crippen LogP contribution >= 0.6 is 0 Å². The lowest BCUT2D eigenvalue weighted by molar-refractivity contribution is 0.0468. The van der Waals surface area contributed by atoms with Gasteiger partial charge in [0.25, 0.3) is 5.91 Å². The van der Waals surface area contributed by atoms with Crippen molar-refractivity contribution < 1.29 is 14.1 Å². The van der Waals surface area contributed by atoms with Gasteiger partial charge in [-0.1, -0.05) is 12.1 Å². The summed E-state index contributed by atoms with van der Waals surface area (Å²) in [4.78, 5) is 16.9. The minimum atomic E-state index is -0.308. The van der Waals surface area contributed by atoms with E-state index in [1.54, 1.807) is 24.0 Å². The number of aromatic nitrogens is 4. The van der Waals surface area contributed by atoms with Gasteiger partial charge in [-0.2, -0.15) is 10.1 Å². The standard InChI is InChI=1S/C16H23N5O3/c1-3-6-21-10-13(9-17-21)15(22)19-14(12-4-7-23-8-5-12)16-18-11(2)20-24-16/h9-10,12,14H,3-8H2,1-2H3,(H,19,22). The Morgan fingerprint density at radius 1 is 1.46 bits per heavy atom. The van der Waals surface area contributed by atoms with Crippen LogP contribution in [0.15, 0.2) is 16.9 Å². The lowest BCUT2D eigenvalue weighted by atomic mass is 9.91. The highest BCUT2D eigenvalue weighted by molar-refractivity contribution is 5.93. The van der Waals surface area contributed by atoms with Crippen molar-refractivity contribution in [1.82, 2.24) is 25.2 Å². The zero-order valence-electron chi connectivity index (χ0n) is 14.1. The number of carbonyl (C=O) groups is 1. The Labute approximate surface area is 140 Å². The van der Waals surface area contributed by atoms with Crippen molar-refractivity contribution in [2.24, 2.45) is 5.92 Å². The van der Waals surface area contributed by atoms with Crippen LogP contribution in [0.1, 0.15) is 54.3 Å². The molecule has 1 N–H and O–H groups in total. The van der Waals surface area contributed by atoms with Crippen molar-refractivity contribution in [1.29, 1.82) is 0 Å². The molecular weight excluding hydrogens is 310 g/mol. The SMILES string of the molecule is CCCn1cc(C(=O)NC(c2nc(C)no2)C2CCOCC2)cn1. The topological polar surface area (TPSA) is 95.1 Å². The third-order valence-corrected chi connectivity index (χ3v) is 4.18. The lowest BCUT2D eigenvalue weighted by Gasteiger charge is -2.28. The van der Waals surface area contributed by atoms with Gasteiger partial charge in [0.15, 0.2) is 5.82 Å². The number of aryl methyl sites for hydroxylation is 2. The summed E-state index contributed by atoms with van der Waals surface area (Å²) in [6.07, 6.45) is 6.02. The second-order valence-electron chi connectivity index (χ2n) is 6.07. The number of carbonyl (C=O) groups excluding carboxylic acids is 1. The second kappa shape index (κ2) is 7.57. The van der Waals surface area contributed by atoms with Crippen molar-refractivity contribution >= 4 is 5.91 Å². The maximum absolute atomic E-state index is 12.6. The molecule has 0 aromatic carbocycles. The van der Waals surface area contributed by atoms with E-state index in [9.17, 15) is 4.79 Å². The van der Waals surface area contributed by atoms with Crippen molar-refractivity contribution in [3.05, 3.63) is 29.7 Å². The predicted molar refractivity (Wildman–Crippen MR) is 85.3 cm³/mol. The zero-order valence-corrected chi connectivity index (χ0v) is 14.1. The maximum Gasteiger partial charge on any atom is 0.255 e. The molecule has 2 aromatic heterocycles. The maximum atomic E-state index is 12.6. The summed E-state index contributed by atoms with van der Waals surface area (Å²) < 4.78 is 12.5. The van der Waals surface area contributed by atoms with Crippen LogP contribution in [-0.4, -0.2) is 39.0 Å². The van der Waals surface area contributed by atoms with Crippen LogP contribution in [0.2, 0.25) is 0 Å². The minimum Gasteiger partial charge on any atom is -0.381 e. The van der Waals surface area contributed by atoms with Gasteiger partial charge in [-0.3, -0.25) is 9.48 Å². The van der Waals surface area contributed by atoms with Crippen molar-refractivity contribution in [3.63, 3.8) is 0 Å². The number of nitrogens with zero attached hydrogens (tertiary/aromatic N) is 4. The molecule has 24 heavy (non-hydrogen) atoms. The molecule has 3 heterocycles. The van der Waals surface area contributed by atoms with Crippen molar-refractivity contribution in [2.75, 3.05) is 13.2 Å². The molecule has 0 bridgehead atoms. The average molecular weight is 333 g/mol. The van der Waals surface area contributed by atoms with Crippen LogP contribution in [0.25, 0.3) is 0 Å². The first kappa shape index (κ1) is 16.6. The second-order valence-corrected chi connectivity index (χ2v) is 6.07. The molecule has 1 unspecified atom stereocenters. The first-order valence-electron chi connectivity index (χ1n) is 8.38. The van der Waals surface area contributed by atoms with Gasteiger partial charge in [-0.05, 0) is 32.1 Å². The number of rotatable bonds is 6. The van der Waals surface area contributed by atoms with E-state index in [2.05, 4.69) is 27.5 Å². The van der Waals surface area contributed by atoms with Gasteiger partial charge in [0.2, 0.25) is 5.89 Å². The molecule has 8 nitrogen and oxygen atoms in total. The van der Waals surface area contributed by atoms with Crippen molar-refractivity contribution in [3.8, 4) is 0 Å². The van der Waals surface area contributed by atoms with Gasteiger partial charge >= 0.3 is 0 Å². The van der Waals surface area contributed by atoms with Crippen LogP contribution in [0.3, 0.4) is 0 Å². The summed E-state index contributed by atoms with van der Waals surface area (Å²) >= 11 is 0. The summed E-state index contributed by atoms with van der Waals surface area (Å²) in [5.41, 5.74) is 0.539. The van der Waals surface area contributed by atoms with Crippen LogP contribution in [0.5, 0.6) is 0 Å². The highest BCUT2D eigenvalue weighted by Gasteiger charge is 2.31. The summed E-state index contributed by atoms with van der Waals surface area (Å²) in [6, 6.07) is -0.308. The normalized spacial score (nSPS) is 16.9. The molecule has 1 aliphatic heterocycles. The lowest BCUT2D eigenvalue weighted by Crippen LogP contribution is -2.36. The highest BCUT2D eigenvalue weighted by atomic mass is 16.5. The molecule has 1 aliphatic rings. The molecule has 0 aliphatic carbocycles. The molecule has 1 fully saturated rings. The Morgan fingerprint density at radius 3 is 2.92 bits per heavy atom. The van der Waals surface area contributed by atoms with E-state index in [4.69, 9.17) is 9.26 Å². The van der Waals surface area contributed by atoms with Crippen molar-refractivity contribution in [2.45, 2.75) is 45.7 Å². The van der Waals surface area contributed by atoms with E-state index < -0.39 is 0 Å². The number of nitrogens with one attached hydrogen (secondary N) is 1. The Morgan fingerprint density at radius 2 is 2.25 bits per heavy atom. The van der Waals surface area contributed by atoms with Crippen LogP contribution in [0.4, 0.5) is 0 Å². The van der Waals surface area contributed by atoms with Crippen LogP contribution < -0.4 is 5.32 Å². The molecular formula is C16H23N5O3. The molecule has 2 aromatic rings. The van der Waals surface area contributed by atoms with Gasteiger partial charge in [0.05, 0.1) is 11.8 Å². The Bertz CT molecular complexity index is 675. The van der Waals surface area contributed by atoms with E-state index in [0.717, 1.165) is 25.8 Å². The minimum absolute atomic E-state index is 0.176. The Balaban J connectivity index is 1.76. The number of amides is 1. The van der Waals surface area contributed by atoms with Gasteiger partial charge in [0, 0.05) is 26.0 Å². The monoisotopic (exact) mass is 333 g/mol. The molecule has 130 valence electrons. The van der Waals surface area contributed by atoms with Gasteiger partial charge in [-0.25, -0.2) is 0 Å². The third kappa shape index (κ3) is 3.81. The van der Waals surface area contributed by atoms with Crippen LogP contribution in [-0.2, 0) is 11.3 Å². The van der Waals surface area contributed by atoms with E-state index in [-0.39, 0.29) is 17.9 Å².